The van der Waals surface area contributed by atoms with Crippen LogP contribution in [0.5, 0.6) is 0 Å². The van der Waals surface area contributed by atoms with Gasteiger partial charge in [-0.25, -0.2) is 0 Å². The van der Waals surface area contributed by atoms with E-state index in [1.54, 1.807) is 4.90 Å². The van der Waals surface area contributed by atoms with Crippen molar-refractivity contribution >= 4 is 23.2 Å². The Hall–Kier alpha value is -2.04. The van der Waals surface area contributed by atoms with Gasteiger partial charge in [0.15, 0.2) is 0 Å². The van der Waals surface area contributed by atoms with E-state index in [-0.39, 0.29) is 17.9 Å². The van der Waals surface area contributed by atoms with Gasteiger partial charge in [-0.2, -0.15) is 0 Å². The van der Waals surface area contributed by atoms with Gasteiger partial charge in [0.25, 0.3) is 0 Å². The number of rotatable bonds is 5. The van der Waals surface area contributed by atoms with Crippen molar-refractivity contribution in [3.05, 3.63) is 24.3 Å². The Bertz CT molecular complexity index is 621. The highest BCUT2D eigenvalue weighted by atomic mass is 16.2. The van der Waals surface area contributed by atoms with Crippen molar-refractivity contribution < 1.29 is 9.59 Å². The molecule has 2 amide bonds. The molecule has 1 atom stereocenters. The number of nitrogens with zero attached hydrogens (tertiary/aromatic N) is 2. The number of carbonyl (C=O) groups is 2. The molecule has 2 aliphatic rings. The standard InChI is InChI=1S/C21H31N3O2/c1-3-5-20(25)24-13-4-6-19(24)21(26)22-17-7-9-18(10-8-17)23-14-11-16(2)12-15-23/h7-10,16,19H,3-6,11-15H2,1-2H3,(H,22,26). The fourth-order valence-electron chi connectivity index (χ4n) is 3.94. The minimum absolute atomic E-state index is 0.0634. The van der Waals surface area contributed by atoms with Gasteiger partial charge in [-0.3, -0.25) is 9.59 Å². The van der Waals surface area contributed by atoms with Crippen molar-refractivity contribution in [2.24, 2.45) is 5.92 Å². The Labute approximate surface area is 156 Å². The summed E-state index contributed by atoms with van der Waals surface area (Å²) >= 11 is 0. The zero-order valence-electron chi connectivity index (χ0n) is 16.0. The zero-order valence-corrected chi connectivity index (χ0v) is 16.0. The van der Waals surface area contributed by atoms with Crippen molar-refractivity contribution in [2.75, 3.05) is 29.9 Å². The number of benzene rings is 1. The van der Waals surface area contributed by atoms with Crippen LogP contribution < -0.4 is 10.2 Å². The molecule has 5 heteroatoms. The van der Waals surface area contributed by atoms with Crippen LogP contribution in [0.2, 0.25) is 0 Å². The topological polar surface area (TPSA) is 52.7 Å². The van der Waals surface area contributed by atoms with E-state index in [1.165, 1.54) is 18.5 Å². The number of anilines is 2. The zero-order chi connectivity index (χ0) is 18.5. The van der Waals surface area contributed by atoms with Gasteiger partial charge >= 0.3 is 0 Å². The highest BCUT2D eigenvalue weighted by Crippen LogP contribution is 2.25. The number of carbonyl (C=O) groups excluding carboxylic acids is 2. The SMILES string of the molecule is CCCC(=O)N1CCCC1C(=O)Nc1ccc(N2CCC(C)CC2)cc1. The Morgan fingerprint density at radius 3 is 2.42 bits per heavy atom. The maximum absolute atomic E-state index is 12.6. The van der Waals surface area contributed by atoms with Crippen LogP contribution in [0.4, 0.5) is 11.4 Å². The van der Waals surface area contributed by atoms with Crippen LogP contribution in [-0.4, -0.2) is 42.4 Å². The molecule has 0 aliphatic carbocycles. The molecule has 0 bridgehead atoms. The first-order chi connectivity index (χ1) is 12.6. The van der Waals surface area contributed by atoms with Crippen molar-refractivity contribution in [3.8, 4) is 0 Å². The highest BCUT2D eigenvalue weighted by Gasteiger charge is 2.33. The highest BCUT2D eigenvalue weighted by molar-refractivity contribution is 5.97. The average molecular weight is 357 g/mol. The van der Waals surface area contributed by atoms with Crippen molar-refractivity contribution in [3.63, 3.8) is 0 Å². The van der Waals surface area contributed by atoms with Crippen LogP contribution in [0, 0.1) is 5.92 Å². The fraction of sp³-hybridized carbons (Fsp3) is 0.619. The van der Waals surface area contributed by atoms with Gasteiger partial charge in [-0.1, -0.05) is 13.8 Å². The second-order valence-corrected chi connectivity index (χ2v) is 7.70. The maximum Gasteiger partial charge on any atom is 0.247 e. The van der Waals surface area contributed by atoms with Crippen LogP contribution in [0.25, 0.3) is 0 Å². The van der Waals surface area contributed by atoms with Crippen LogP contribution in [0.1, 0.15) is 52.4 Å². The third kappa shape index (κ3) is 4.37. The average Bonchev–Trinajstić information content (AvgIpc) is 3.13. The third-order valence-electron chi connectivity index (χ3n) is 5.62. The van der Waals surface area contributed by atoms with E-state index in [0.29, 0.717) is 13.0 Å². The number of hydrogen-bond donors (Lipinski definition) is 1. The van der Waals surface area contributed by atoms with E-state index in [2.05, 4.69) is 29.3 Å². The largest absolute Gasteiger partial charge is 0.372 e. The van der Waals surface area contributed by atoms with Crippen molar-refractivity contribution in [1.29, 1.82) is 0 Å². The molecular formula is C21H31N3O2. The summed E-state index contributed by atoms with van der Waals surface area (Å²) in [5.41, 5.74) is 2.02. The lowest BCUT2D eigenvalue weighted by Crippen LogP contribution is -2.43. The maximum atomic E-state index is 12.6. The summed E-state index contributed by atoms with van der Waals surface area (Å²) in [4.78, 5) is 29.0. The first-order valence-corrected chi connectivity index (χ1v) is 10.0. The van der Waals surface area contributed by atoms with Crippen LogP contribution >= 0.6 is 0 Å². The van der Waals surface area contributed by atoms with Gasteiger partial charge in [-0.05, 0) is 62.3 Å². The number of piperidine rings is 1. The molecule has 3 rings (SSSR count). The predicted octanol–water partition coefficient (Wildman–Crippen LogP) is 3.65. The third-order valence-corrected chi connectivity index (χ3v) is 5.62. The van der Waals surface area contributed by atoms with E-state index in [0.717, 1.165) is 44.0 Å². The van der Waals surface area contributed by atoms with E-state index in [9.17, 15) is 9.59 Å². The Morgan fingerprint density at radius 1 is 1.08 bits per heavy atom. The molecule has 1 unspecified atom stereocenters. The Morgan fingerprint density at radius 2 is 1.77 bits per heavy atom. The predicted molar refractivity (Wildman–Crippen MR) is 105 cm³/mol. The van der Waals surface area contributed by atoms with Crippen LogP contribution in [0.15, 0.2) is 24.3 Å². The molecule has 0 spiro atoms. The van der Waals surface area contributed by atoms with Crippen LogP contribution in [0.3, 0.4) is 0 Å². The minimum Gasteiger partial charge on any atom is -0.372 e. The molecule has 0 saturated carbocycles. The summed E-state index contributed by atoms with van der Waals surface area (Å²) in [6.45, 7) is 7.21. The summed E-state index contributed by atoms with van der Waals surface area (Å²) < 4.78 is 0. The molecule has 1 aromatic rings. The van der Waals surface area contributed by atoms with Crippen molar-refractivity contribution in [2.45, 2.75) is 58.4 Å². The normalized spacial score (nSPS) is 21.1. The monoisotopic (exact) mass is 357 g/mol. The fourth-order valence-corrected chi connectivity index (χ4v) is 3.94. The lowest BCUT2D eigenvalue weighted by atomic mass is 9.99. The lowest BCUT2D eigenvalue weighted by Gasteiger charge is -2.32. The molecule has 1 N–H and O–H groups in total. The molecule has 0 radical (unpaired) electrons. The molecule has 1 aromatic carbocycles. The molecular weight excluding hydrogens is 326 g/mol. The van der Waals surface area contributed by atoms with E-state index in [1.807, 2.05) is 19.1 Å². The molecule has 2 heterocycles. The second-order valence-electron chi connectivity index (χ2n) is 7.70. The van der Waals surface area contributed by atoms with Gasteiger partial charge in [0.2, 0.25) is 11.8 Å². The molecule has 5 nitrogen and oxygen atoms in total. The smallest absolute Gasteiger partial charge is 0.247 e. The van der Waals surface area contributed by atoms with Gasteiger partial charge in [0, 0.05) is 37.4 Å². The lowest BCUT2D eigenvalue weighted by molar-refractivity contribution is -0.136. The number of amides is 2. The van der Waals surface area contributed by atoms with Gasteiger partial charge < -0.3 is 15.1 Å². The summed E-state index contributed by atoms with van der Waals surface area (Å²) in [6.07, 6.45) is 5.47. The van der Waals surface area contributed by atoms with Gasteiger partial charge in [0.05, 0.1) is 0 Å². The molecule has 2 saturated heterocycles. The number of nitrogens with one attached hydrogen (secondary N) is 1. The first-order valence-electron chi connectivity index (χ1n) is 10.0. The van der Waals surface area contributed by atoms with Gasteiger partial charge in [-0.15, -0.1) is 0 Å². The summed E-state index contributed by atoms with van der Waals surface area (Å²) in [7, 11) is 0. The van der Waals surface area contributed by atoms with E-state index in [4.69, 9.17) is 0 Å². The summed E-state index contributed by atoms with van der Waals surface area (Å²) in [5.74, 6) is 0.848. The van der Waals surface area contributed by atoms with Gasteiger partial charge in [0.1, 0.15) is 6.04 Å². The van der Waals surface area contributed by atoms with Crippen molar-refractivity contribution in [1.82, 2.24) is 4.90 Å². The second kappa shape index (κ2) is 8.56. The quantitative estimate of drug-likeness (QED) is 0.875. The number of hydrogen-bond acceptors (Lipinski definition) is 3. The summed E-state index contributed by atoms with van der Waals surface area (Å²) in [5, 5.41) is 3.00. The molecule has 0 aromatic heterocycles. The molecule has 142 valence electrons. The summed E-state index contributed by atoms with van der Waals surface area (Å²) in [6, 6.07) is 7.79. The Balaban J connectivity index is 1.58. The molecule has 26 heavy (non-hydrogen) atoms. The Kier molecular flexibility index (Phi) is 6.17. The number of likely N-dealkylation sites (tertiary alicyclic amines) is 1. The minimum atomic E-state index is -0.322. The first kappa shape index (κ1) is 18.7. The molecule has 2 fully saturated rings. The van der Waals surface area contributed by atoms with Crippen LogP contribution in [-0.2, 0) is 9.59 Å². The molecule has 2 aliphatic heterocycles. The van der Waals surface area contributed by atoms with E-state index < -0.39 is 0 Å². The van der Waals surface area contributed by atoms with E-state index >= 15 is 0 Å².